The average Bonchev–Trinajstić information content (AvgIpc) is 2.01. The standard InChI is InChI=1S/C7H5I3O3S/c8-7(9,10)5-3-1-2-4-6(5)14(11,12)13/h1-4H,(H,11,12,13). The summed E-state index contributed by atoms with van der Waals surface area (Å²) in [4.78, 5) is -0.0294. The van der Waals surface area contributed by atoms with Crippen molar-refractivity contribution >= 4 is 77.9 Å². The predicted octanol–water partition coefficient (Wildman–Crippen LogP) is 3.35. The van der Waals surface area contributed by atoms with Crippen molar-refractivity contribution in [3.63, 3.8) is 0 Å². The molecule has 1 aromatic rings. The molecule has 0 saturated heterocycles. The topological polar surface area (TPSA) is 54.4 Å². The Morgan fingerprint density at radius 2 is 1.64 bits per heavy atom. The molecule has 0 aromatic heterocycles. The van der Waals surface area contributed by atoms with Gasteiger partial charge >= 0.3 is 0 Å². The number of hydrogen-bond acceptors (Lipinski definition) is 2. The van der Waals surface area contributed by atoms with Gasteiger partial charge in [-0.25, -0.2) is 0 Å². The van der Waals surface area contributed by atoms with Crippen LogP contribution in [-0.4, -0.2) is 13.0 Å². The third kappa shape index (κ3) is 3.42. The third-order valence-electron chi connectivity index (χ3n) is 1.47. The predicted molar refractivity (Wildman–Crippen MR) is 80.0 cm³/mol. The second-order valence-electron chi connectivity index (χ2n) is 2.47. The monoisotopic (exact) mass is 550 g/mol. The van der Waals surface area contributed by atoms with Crippen molar-refractivity contribution in [1.82, 2.24) is 0 Å². The lowest BCUT2D eigenvalue weighted by atomic mass is 10.2. The molecule has 0 aliphatic rings. The van der Waals surface area contributed by atoms with E-state index in [4.69, 9.17) is 4.55 Å². The number of rotatable bonds is 2. The minimum absolute atomic E-state index is 0.0294. The van der Waals surface area contributed by atoms with Crippen LogP contribution in [0.3, 0.4) is 0 Å². The van der Waals surface area contributed by atoms with E-state index in [1.165, 1.54) is 6.07 Å². The zero-order valence-corrected chi connectivity index (χ0v) is 13.9. The summed E-state index contributed by atoms with van der Waals surface area (Å²) in [6.45, 7) is 0. The number of alkyl halides is 3. The van der Waals surface area contributed by atoms with Gasteiger partial charge in [0.25, 0.3) is 10.1 Å². The van der Waals surface area contributed by atoms with Gasteiger partial charge in [0.1, 0.15) is -0.565 Å². The first-order valence-electron chi connectivity index (χ1n) is 3.36. The largest absolute Gasteiger partial charge is 0.294 e. The van der Waals surface area contributed by atoms with Crippen LogP contribution in [0.25, 0.3) is 0 Å². The van der Waals surface area contributed by atoms with Crippen LogP contribution in [0.2, 0.25) is 0 Å². The van der Waals surface area contributed by atoms with E-state index < -0.39 is 10.1 Å². The van der Waals surface area contributed by atoms with E-state index in [-0.39, 0.29) is 4.33 Å². The molecule has 0 bridgehead atoms. The fourth-order valence-corrected chi connectivity index (χ4v) is 3.64. The molecule has 1 rings (SSSR count). The van der Waals surface area contributed by atoms with Crippen molar-refractivity contribution in [2.24, 2.45) is 0 Å². The Labute approximate surface area is 123 Å². The smallest absolute Gasteiger partial charge is 0.282 e. The summed E-state index contributed by atoms with van der Waals surface area (Å²) in [5.74, 6) is 0. The van der Waals surface area contributed by atoms with Crippen LogP contribution in [-0.2, 0) is 9.55 Å². The van der Waals surface area contributed by atoms with Gasteiger partial charge in [0.15, 0.2) is 0 Å². The van der Waals surface area contributed by atoms with Crippen LogP contribution in [0.5, 0.6) is 0 Å². The Kier molecular flexibility index (Phi) is 4.47. The molecule has 7 heteroatoms. The minimum atomic E-state index is -4.13. The lowest BCUT2D eigenvalue weighted by Gasteiger charge is -2.15. The molecule has 0 amide bonds. The Bertz CT molecular complexity index is 436. The molecule has 0 saturated carbocycles. The van der Waals surface area contributed by atoms with Crippen LogP contribution in [0.15, 0.2) is 29.2 Å². The van der Waals surface area contributed by atoms with Gasteiger partial charge in [-0.15, -0.1) is 0 Å². The average molecular weight is 550 g/mol. The van der Waals surface area contributed by atoms with Crippen LogP contribution in [0.1, 0.15) is 5.56 Å². The van der Waals surface area contributed by atoms with Gasteiger partial charge in [0.2, 0.25) is 0 Å². The molecule has 0 aliphatic carbocycles. The zero-order valence-electron chi connectivity index (χ0n) is 6.62. The van der Waals surface area contributed by atoms with Gasteiger partial charge < -0.3 is 0 Å². The Hall–Kier alpha value is 1.32. The Morgan fingerprint density at radius 3 is 2.00 bits per heavy atom. The highest BCUT2D eigenvalue weighted by Crippen LogP contribution is 2.48. The van der Waals surface area contributed by atoms with Crippen LogP contribution >= 0.6 is 67.8 Å². The molecule has 1 aromatic carbocycles. The van der Waals surface area contributed by atoms with Crippen molar-refractivity contribution in [2.75, 3.05) is 0 Å². The molecule has 3 nitrogen and oxygen atoms in total. The fourth-order valence-electron chi connectivity index (χ4n) is 0.926. The summed E-state index contributed by atoms with van der Waals surface area (Å²) < 4.78 is 30.7. The van der Waals surface area contributed by atoms with E-state index in [2.05, 4.69) is 67.8 Å². The molecule has 0 spiro atoms. The van der Waals surface area contributed by atoms with Gasteiger partial charge in [0.05, 0.1) is 4.90 Å². The van der Waals surface area contributed by atoms with Gasteiger partial charge in [-0.2, -0.15) is 8.42 Å². The van der Waals surface area contributed by atoms with Gasteiger partial charge in [0, 0.05) is 5.56 Å². The zero-order chi connectivity index (χ0) is 11.0. The highest BCUT2D eigenvalue weighted by Gasteiger charge is 2.28. The summed E-state index contributed by atoms with van der Waals surface area (Å²) in [7, 11) is -4.13. The molecule has 0 unspecified atom stereocenters. The summed E-state index contributed by atoms with van der Waals surface area (Å²) in [5, 5.41) is 0. The van der Waals surface area contributed by atoms with Gasteiger partial charge in [-0.3, -0.25) is 4.55 Å². The lowest BCUT2D eigenvalue weighted by Crippen LogP contribution is -2.08. The summed E-state index contributed by atoms with van der Waals surface area (Å²) in [6, 6.07) is 6.42. The molecular weight excluding hydrogens is 545 g/mol. The van der Waals surface area contributed by atoms with E-state index in [0.29, 0.717) is 5.56 Å². The minimum Gasteiger partial charge on any atom is -0.282 e. The van der Waals surface area contributed by atoms with Gasteiger partial charge in [-0.1, -0.05) is 18.2 Å². The maximum absolute atomic E-state index is 11.0. The van der Waals surface area contributed by atoms with Crippen molar-refractivity contribution in [1.29, 1.82) is 0 Å². The molecular formula is C7H5I3O3S. The quantitative estimate of drug-likeness (QED) is 0.350. The van der Waals surface area contributed by atoms with E-state index in [9.17, 15) is 8.42 Å². The van der Waals surface area contributed by atoms with Crippen molar-refractivity contribution in [3.8, 4) is 0 Å². The van der Waals surface area contributed by atoms with Crippen molar-refractivity contribution < 1.29 is 13.0 Å². The van der Waals surface area contributed by atoms with Crippen LogP contribution in [0.4, 0.5) is 0 Å². The molecule has 78 valence electrons. The van der Waals surface area contributed by atoms with E-state index in [1.54, 1.807) is 18.2 Å². The highest BCUT2D eigenvalue weighted by atomic mass is 127. The molecule has 0 atom stereocenters. The summed E-state index contributed by atoms with van der Waals surface area (Å²) in [6.07, 6.45) is 0. The molecule has 0 heterocycles. The Morgan fingerprint density at radius 1 is 1.14 bits per heavy atom. The third-order valence-corrected chi connectivity index (χ3v) is 4.13. The maximum atomic E-state index is 11.0. The van der Waals surface area contributed by atoms with Crippen molar-refractivity contribution in [3.05, 3.63) is 29.8 Å². The fraction of sp³-hybridized carbons (Fsp3) is 0.143. The van der Waals surface area contributed by atoms with Crippen LogP contribution in [0, 0.1) is 0 Å². The molecule has 14 heavy (non-hydrogen) atoms. The normalized spacial score (nSPS) is 12.9. The molecule has 0 aliphatic heterocycles. The lowest BCUT2D eigenvalue weighted by molar-refractivity contribution is 0.482. The first kappa shape index (κ1) is 13.4. The maximum Gasteiger partial charge on any atom is 0.294 e. The number of benzene rings is 1. The second-order valence-corrected chi connectivity index (χ2v) is 14.9. The molecule has 0 fully saturated rings. The van der Waals surface area contributed by atoms with E-state index in [0.717, 1.165) is 0 Å². The Balaban J connectivity index is 3.47. The van der Waals surface area contributed by atoms with Gasteiger partial charge in [-0.05, 0) is 73.8 Å². The number of halogens is 3. The van der Waals surface area contributed by atoms with Crippen LogP contribution < -0.4 is 0 Å². The summed E-state index contributed by atoms with van der Waals surface area (Å²) in [5.41, 5.74) is 0.587. The molecule has 0 radical (unpaired) electrons. The first-order valence-corrected chi connectivity index (χ1v) is 8.04. The second kappa shape index (κ2) is 4.67. The SMILES string of the molecule is O=S(=O)(O)c1ccccc1C(I)(I)I. The van der Waals surface area contributed by atoms with E-state index in [1.807, 2.05) is 0 Å². The number of hydrogen-bond donors (Lipinski definition) is 1. The van der Waals surface area contributed by atoms with E-state index >= 15 is 0 Å². The summed E-state index contributed by atoms with van der Waals surface area (Å²) >= 11 is 6.32. The highest BCUT2D eigenvalue weighted by molar-refractivity contribution is 14.3. The first-order chi connectivity index (χ1) is 6.23. The molecule has 1 N–H and O–H groups in total. The van der Waals surface area contributed by atoms with Crippen molar-refractivity contribution in [2.45, 2.75) is 4.33 Å².